The van der Waals surface area contributed by atoms with E-state index in [1.807, 2.05) is 13.0 Å². The van der Waals surface area contributed by atoms with Crippen molar-refractivity contribution in [2.45, 2.75) is 57.7 Å². The standard InChI is InChI=1S/C20H26O5/c1-18-7-5-12(21)9-11(18)3-4-13-14-6-8-20(25,17(23)24)19(14,2)10-15(22)16(13)18/h3,5,7,13-16,22,25H,4,6,8-10H2,1-2H3,(H,23,24)/t13?,14?,15?,16?,18?,19?,20-/m1/s1. The zero-order valence-corrected chi connectivity index (χ0v) is 14.7. The summed E-state index contributed by atoms with van der Waals surface area (Å²) < 4.78 is 0. The number of fused-ring (bicyclic) bond motifs is 5. The van der Waals surface area contributed by atoms with Gasteiger partial charge in [0.1, 0.15) is 0 Å². The zero-order chi connectivity index (χ0) is 18.2. The molecule has 4 aliphatic rings. The van der Waals surface area contributed by atoms with Gasteiger partial charge in [-0.2, -0.15) is 0 Å². The van der Waals surface area contributed by atoms with Gasteiger partial charge in [0, 0.05) is 23.2 Å². The second-order valence-corrected chi connectivity index (χ2v) is 8.91. The third kappa shape index (κ3) is 1.97. The fraction of sp³-hybridized carbons (Fsp3) is 0.700. The minimum Gasteiger partial charge on any atom is -0.479 e. The number of ketones is 1. The molecule has 0 radical (unpaired) electrons. The Balaban J connectivity index is 1.78. The Morgan fingerprint density at radius 3 is 2.72 bits per heavy atom. The molecule has 4 rings (SSSR count). The maximum Gasteiger partial charge on any atom is 0.336 e. The molecule has 0 aliphatic heterocycles. The smallest absolute Gasteiger partial charge is 0.336 e. The van der Waals surface area contributed by atoms with Crippen molar-refractivity contribution in [3.05, 3.63) is 23.8 Å². The number of aliphatic carboxylic acids is 1. The number of aliphatic hydroxyl groups is 2. The molecule has 7 atom stereocenters. The number of hydrogen-bond donors (Lipinski definition) is 3. The lowest BCUT2D eigenvalue weighted by atomic mass is 9.47. The highest BCUT2D eigenvalue weighted by Crippen LogP contribution is 2.66. The third-order valence-electron chi connectivity index (χ3n) is 7.96. The van der Waals surface area contributed by atoms with E-state index in [1.165, 1.54) is 0 Å². The highest BCUT2D eigenvalue weighted by molar-refractivity contribution is 5.93. The summed E-state index contributed by atoms with van der Waals surface area (Å²) in [7, 11) is 0. The minimum atomic E-state index is -1.77. The molecule has 2 fully saturated rings. The molecule has 3 N–H and O–H groups in total. The Morgan fingerprint density at radius 1 is 1.32 bits per heavy atom. The topological polar surface area (TPSA) is 94.8 Å². The first-order valence-corrected chi connectivity index (χ1v) is 9.19. The molecule has 136 valence electrons. The van der Waals surface area contributed by atoms with Crippen LogP contribution < -0.4 is 0 Å². The van der Waals surface area contributed by atoms with Crippen molar-refractivity contribution in [3.8, 4) is 0 Å². The van der Waals surface area contributed by atoms with E-state index in [0.29, 0.717) is 12.8 Å². The van der Waals surface area contributed by atoms with Crippen LogP contribution in [0.4, 0.5) is 0 Å². The van der Waals surface area contributed by atoms with Crippen LogP contribution in [-0.2, 0) is 9.59 Å². The maximum atomic E-state index is 11.8. The van der Waals surface area contributed by atoms with Crippen molar-refractivity contribution >= 4 is 11.8 Å². The van der Waals surface area contributed by atoms with Crippen LogP contribution >= 0.6 is 0 Å². The number of carboxylic acids is 1. The quantitative estimate of drug-likeness (QED) is 0.632. The normalized spacial score (nSPS) is 51.4. The molecular weight excluding hydrogens is 320 g/mol. The predicted octanol–water partition coefficient (Wildman–Crippen LogP) is 2.08. The first-order valence-electron chi connectivity index (χ1n) is 9.19. The summed E-state index contributed by atoms with van der Waals surface area (Å²) in [6.45, 7) is 3.92. The molecule has 0 saturated heterocycles. The van der Waals surface area contributed by atoms with Gasteiger partial charge < -0.3 is 15.3 Å². The zero-order valence-electron chi connectivity index (χ0n) is 14.7. The summed E-state index contributed by atoms with van der Waals surface area (Å²) >= 11 is 0. The van der Waals surface area contributed by atoms with Crippen molar-refractivity contribution < 1.29 is 24.9 Å². The van der Waals surface area contributed by atoms with E-state index < -0.39 is 23.1 Å². The first kappa shape index (κ1) is 17.0. The lowest BCUT2D eigenvalue weighted by Crippen LogP contribution is -2.61. The van der Waals surface area contributed by atoms with Gasteiger partial charge in [0.2, 0.25) is 0 Å². The van der Waals surface area contributed by atoms with Crippen LogP contribution in [0.5, 0.6) is 0 Å². The minimum absolute atomic E-state index is 0.0360. The van der Waals surface area contributed by atoms with Crippen molar-refractivity contribution in [1.29, 1.82) is 0 Å². The summed E-state index contributed by atoms with van der Waals surface area (Å²) in [6.07, 6.45) is 7.32. The highest BCUT2D eigenvalue weighted by atomic mass is 16.4. The fourth-order valence-corrected chi connectivity index (χ4v) is 6.59. The average molecular weight is 346 g/mol. The van der Waals surface area contributed by atoms with Crippen LogP contribution in [0, 0.1) is 28.6 Å². The Morgan fingerprint density at radius 2 is 2.04 bits per heavy atom. The van der Waals surface area contributed by atoms with Crippen molar-refractivity contribution in [2.75, 3.05) is 0 Å². The van der Waals surface area contributed by atoms with Gasteiger partial charge in [-0.1, -0.05) is 31.6 Å². The highest BCUT2D eigenvalue weighted by Gasteiger charge is 2.68. The maximum absolute atomic E-state index is 11.8. The van der Waals surface area contributed by atoms with Crippen LogP contribution in [0.3, 0.4) is 0 Å². The second-order valence-electron chi connectivity index (χ2n) is 8.91. The molecule has 0 amide bonds. The molecule has 0 bridgehead atoms. The van der Waals surface area contributed by atoms with E-state index in [9.17, 15) is 24.9 Å². The summed E-state index contributed by atoms with van der Waals surface area (Å²) in [4.78, 5) is 23.6. The number of carbonyl (C=O) groups excluding carboxylic acids is 1. The van der Waals surface area contributed by atoms with E-state index in [2.05, 4.69) is 13.0 Å². The van der Waals surface area contributed by atoms with Crippen molar-refractivity contribution in [2.24, 2.45) is 28.6 Å². The molecule has 0 aromatic heterocycles. The number of hydrogen-bond acceptors (Lipinski definition) is 4. The monoisotopic (exact) mass is 346 g/mol. The summed E-state index contributed by atoms with van der Waals surface area (Å²) in [5.41, 5.74) is -1.88. The van der Waals surface area contributed by atoms with E-state index >= 15 is 0 Å². The van der Waals surface area contributed by atoms with Gasteiger partial charge in [0.05, 0.1) is 6.10 Å². The molecule has 0 spiro atoms. The molecule has 5 nitrogen and oxygen atoms in total. The van der Waals surface area contributed by atoms with Gasteiger partial charge in [0.25, 0.3) is 0 Å². The predicted molar refractivity (Wildman–Crippen MR) is 90.6 cm³/mol. The molecule has 25 heavy (non-hydrogen) atoms. The SMILES string of the molecule is CC12C=CC(=O)CC1=CCC1C2C(O)CC2(C)C1CC[C@@]2(O)C(=O)O. The summed E-state index contributed by atoms with van der Waals surface area (Å²) in [5.74, 6) is -0.939. The molecule has 6 unspecified atom stereocenters. The number of carboxylic acid groups (broad SMARTS) is 1. The van der Waals surface area contributed by atoms with Crippen LogP contribution in [0.2, 0.25) is 0 Å². The lowest BCUT2D eigenvalue weighted by Gasteiger charge is -2.58. The number of carbonyl (C=O) groups is 2. The number of allylic oxidation sites excluding steroid dienone is 4. The van der Waals surface area contributed by atoms with Crippen LogP contribution in [-0.4, -0.2) is 38.8 Å². The second kappa shape index (κ2) is 5.04. The summed E-state index contributed by atoms with van der Waals surface area (Å²) in [6, 6.07) is 0. The van der Waals surface area contributed by atoms with Gasteiger partial charge in [0.15, 0.2) is 11.4 Å². The lowest BCUT2D eigenvalue weighted by molar-refractivity contribution is -0.190. The van der Waals surface area contributed by atoms with Gasteiger partial charge in [-0.25, -0.2) is 4.79 Å². The van der Waals surface area contributed by atoms with E-state index in [0.717, 1.165) is 12.0 Å². The summed E-state index contributed by atoms with van der Waals surface area (Å²) in [5, 5.41) is 31.6. The number of aliphatic hydroxyl groups excluding tert-OH is 1. The Kier molecular flexibility index (Phi) is 3.42. The number of rotatable bonds is 1. The molecule has 0 heterocycles. The molecule has 2 saturated carbocycles. The Labute approximate surface area is 147 Å². The van der Waals surface area contributed by atoms with Gasteiger partial charge in [-0.3, -0.25) is 4.79 Å². The molecule has 0 aromatic rings. The van der Waals surface area contributed by atoms with E-state index in [1.54, 1.807) is 6.08 Å². The van der Waals surface area contributed by atoms with Crippen molar-refractivity contribution in [3.63, 3.8) is 0 Å². The molecule has 5 heteroatoms. The molecule has 4 aliphatic carbocycles. The van der Waals surface area contributed by atoms with E-state index in [4.69, 9.17) is 0 Å². The van der Waals surface area contributed by atoms with Crippen LogP contribution in [0.25, 0.3) is 0 Å². The van der Waals surface area contributed by atoms with Crippen LogP contribution in [0.15, 0.2) is 23.8 Å². The van der Waals surface area contributed by atoms with Crippen LogP contribution in [0.1, 0.15) is 46.0 Å². The Hall–Kier alpha value is -1.46. The Bertz CT molecular complexity index is 709. The van der Waals surface area contributed by atoms with Gasteiger partial charge in [-0.05, 0) is 43.6 Å². The van der Waals surface area contributed by atoms with Gasteiger partial charge >= 0.3 is 5.97 Å². The van der Waals surface area contributed by atoms with Gasteiger partial charge in [-0.15, -0.1) is 0 Å². The van der Waals surface area contributed by atoms with Crippen molar-refractivity contribution in [1.82, 2.24) is 0 Å². The molecule has 0 aromatic carbocycles. The molecular formula is C20H26O5. The third-order valence-corrected chi connectivity index (χ3v) is 7.96. The van der Waals surface area contributed by atoms with E-state index in [-0.39, 0.29) is 41.8 Å². The fourth-order valence-electron chi connectivity index (χ4n) is 6.59. The average Bonchev–Trinajstić information content (AvgIpc) is 2.80. The first-order chi connectivity index (χ1) is 11.6. The largest absolute Gasteiger partial charge is 0.479 e.